The number of ether oxygens (including phenoxy) is 2. The Morgan fingerprint density at radius 3 is 3.06 bits per heavy atom. The van der Waals surface area contributed by atoms with Crippen LogP contribution in [0.15, 0.2) is 4.47 Å². The second-order valence-electron chi connectivity index (χ2n) is 3.96. The highest BCUT2D eigenvalue weighted by molar-refractivity contribution is 9.10. The van der Waals surface area contributed by atoms with E-state index in [9.17, 15) is 0 Å². The lowest BCUT2D eigenvalue weighted by atomic mass is 10.3. The van der Waals surface area contributed by atoms with Crippen LogP contribution < -0.4 is 0 Å². The first-order valence-corrected chi connectivity index (χ1v) is 6.42. The van der Waals surface area contributed by atoms with Crippen molar-refractivity contribution in [2.75, 3.05) is 13.2 Å². The SMILES string of the molecule is CCn1nc(C)c(Br)c1COC1CCOC1. The second-order valence-corrected chi connectivity index (χ2v) is 4.75. The van der Waals surface area contributed by atoms with Gasteiger partial charge in [-0.05, 0) is 36.2 Å². The monoisotopic (exact) mass is 288 g/mol. The van der Waals surface area contributed by atoms with E-state index in [-0.39, 0.29) is 6.10 Å². The molecule has 5 heteroatoms. The third-order valence-electron chi connectivity index (χ3n) is 2.80. The number of nitrogens with zero attached hydrogens (tertiary/aromatic N) is 2. The Hall–Kier alpha value is -0.390. The summed E-state index contributed by atoms with van der Waals surface area (Å²) in [6.07, 6.45) is 1.24. The fourth-order valence-electron chi connectivity index (χ4n) is 1.85. The Labute approximate surface area is 104 Å². The van der Waals surface area contributed by atoms with E-state index in [1.807, 2.05) is 11.6 Å². The van der Waals surface area contributed by atoms with Gasteiger partial charge in [0.25, 0.3) is 0 Å². The molecule has 2 rings (SSSR count). The minimum absolute atomic E-state index is 0.243. The Morgan fingerprint density at radius 1 is 1.62 bits per heavy atom. The number of hydrogen-bond donors (Lipinski definition) is 0. The molecule has 1 aromatic heterocycles. The molecule has 1 aliphatic heterocycles. The Bertz CT molecular complexity index is 359. The summed E-state index contributed by atoms with van der Waals surface area (Å²) < 4.78 is 14.1. The molecule has 2 heterocycles. The van der Waals surface area contributed by atoms with Crippen LogP contribution in [0.3, 0.4) is 0 Å². The summed E-state index contributed by atoms with van der Waals surface area (Å²) in [7, 11) is 0. The van der Waals surface area contributed by atoms with Gasteiger partial charge in [0.15, 0.2) is 0 Å². The summed E-state index contributed by atoms with van der Waals surface area (Å²) in [4.78, 5) is 0. The van der Waals surface area contributed by atoms with Gasteiger partial charge in [0.05, 0.1) is 35.2 Å². The molecule has 0 radical (unpaired) electrons. The van der Waals surface area contributed by atoms with Crippen molar-refractivity contribution >= 4 is 15.9 Å². The third kappa shape index (κ3) is 2.47. The van der Waals surface area contributed by atoms with Crippen molar-refractivity contribution in [1.29, 1.82) is 0 Å². The number of aryl methyl sites for hydroxylation is 2. The average molecular weight is 289 g/mol. The maximum absolute atomic E-state index is 5.81. The molecule has 1 aromatic rings. The van der Waals surface area contributed by atoms with Crippen molar-refractivity contribution < 1.29 is 9.47 Å². The standard InChI is InChI=1S/C11H17BrN2O2/c1-3-14-10(11(12)8(2)13-14)7-16-9-4-5-15-6-9/h9H,3-7H2,1-2H3. The quantitative estimate of drug-likeness (QED) is 0.853. The zero-order valence-corrected chi connectivity index (χ0v) is 11.3. The van der Waals surface area contributed by atoms with Gasteiger partial charge in [0, 0.05) is 13.2 Å². The minimum atomic E-state index is 0.243. The van der Waals surface area contributed by atoms with Crippen LogP contribution in [0.4, 0.5) is 0 Å². The van der Waals surface area contributed by atoms with Crippen LogP contribution in [0.2, 0.25) is 0 Å². The molecule has 0 saturated carbocycles. The summed E-state index contributed by atoms with van der Waals surface area (Å²) in [5.41, 5.74) is 2.13. The zero-order valence-electron chi connectivity index (χ0n) is 9.70. The molecule has 0 N–H and O–H groups in total. The van der Waals surface area contributed by atoms with Gasteiger partial charge in [-0.1, -0.05) is 0 Å². The van der Waals surface area contributed by atoms with Crippen molar-refractivity contribution in [3.63, 3.8) is 0 Å². The Morgan fingerprint density at radius 2 is 2.44 bits per heavy atom. The highest BCUT2D eigenvalue weighted by Gasteiger charge is 2.18. The number of halogens is 1. The van der Waals surface area contributed by atoms with E-state index in [1.165, 1.54) is 0 Å². The van der Waals surface area contributed by atoms with Gasteiger partial charge in [-0.3, -0.25) is 4.68 Å². The summed E-state index contributed by atoms with van der Waals surface area (Å²) >= 11 is 3.56. The highest BCUT2D eigenvalue weighted by Crippen LogP contribution is 2.23. The zero-order chi connectivity index (χ0) is 11.5. The van der Waals surface area contributed by atoms with Gasteiger partial charge in [-0.2, -0.15) is 5.10 Å². The van der Waals surface area contributed by atoms with E-state index in [4.69, 9.17) is 9.47 Å². The van der Waals surface area contributed by atoms with Gasteiger partial charge < -0.3 is 9.47 Å². The summed E-state index contributed by atoms with van der Waals surface area (Å²) in [6, 6.07) is 0. The fourth-order valence-corrected chi connectivity index (χ4v) is 2.25. The van der Waals surface area contributed by atoms with Crippen LogP contribution in [-0.4, -0.2) is 29.1 Å². The van der Waals surface area contributed by atoms with Crippen molar-refractivity contribution in [3.8, 4) is 0 Å². The van der Waals surface area contributed by atoms with Crippen molar-refractivity contribution in [1.82, 2.24) is 9.78 Å². The maximum Gasteiger partial charge on any atom is 0.0901 e. The summed E-state index contributed by atoms with van der Waals surface area (Å²) in [6.45, 7) is 7.09. The largest absolute Gasteiger partial charge is 0.379 e. The number of hydrogen-bond acceptors (Lipinski definition) is 3. The van der Waals surface area contributed by atoms with Crippen LogP contribution >= 0.6 is 15.9 Å². The Balaban J connectivity index is 2.01. The fraction of sp³-hybridized carbons (Fsp3) is 0.727. The highest BCUT2D eigenvalue weighted by atomic mass is 79.9. The number of rotatable bonds is 4. The molecule has 1 atom stereocenters. The molecule has 1 fully saturated rings. The molecule has 1 aliphatic rings. The van der Waals surface area contributed by atoms with E-state index >= 15 is 0 Å². The van der Waals surface area contributed by atoms with Crippen molar-refractivity contribution in [2.24, 2.45) is 0 Å². The molecule has 0 aliphatic carbocycles. The van der Waals surface area contributed by atoms with Crippen molar-refractivity contribution in [2.45, 2.75) is 39.5 Å². The molecule has 1 saturated heterocycles. The molecule has 0 amide bonds. The van der Waals surface area contributed by atoms with Gasteiger partial charge in [-0.15, -0.1) is 0 Å². The first-order valence-electron chi connectivity index (χ1n) is 5.63. The van der Waals surface area contributed by atoms with E-state index in [1.54, 1.807) is 0 Å². The van der Waals surface area contributed by atoms with Crippen LogP contribution in [-0.2, 0) is 22.6 Å². The average Bonchev–Trinajstić information content (AvgIpc) is 2.87. The minimum Gasteiger partial charge on any atom is -0.379 e. The van der Waals surface area contributed by atoms with Crippen LogP contribution in [0.25, 0.3) is 0 Å². The molecule has 0 aromatic carbocycles. The molecule has 1 unspecified atom stereocenters. The van der Waals surface area contributed by atoms with Crippen LogP contribution in [0.1, 0.15) is 24.7 Å². The summed E-state index contributed by atoms with van der Waals surface area (Å²) in [5.74, 6) is 0. The molecular weight excluding hydrogens is 272 g/mol. The normalized spacial score (nSPS) is 20.6. The second kappa shape index (κ2) is 5.29. The van der Waals surface area contributed by atoms with Crippen LogP contribution in [0.5, 0.6) is 0 Å². The maximum atomic E-state index is 5.81. The lowest BCUT2D eigenvalue weighted by Gasteiger charge is -2.11. The van der Waals surface area contributed by atoms with Gasteiger partial charge >= 0.3 is 0 Å². The predicted octanol–water partition coefficient (Wildman–Crippen LogP) is 2.28. The molecule has 4 nitrogen and oxygen atoms in total. The summed E-state index contributed by atoms with van der Waals surface area (Å²) in [5, 5.41) is 4.43. The smallest absolute Gasteiger partial charge is 0.0901 e. The molecule has 90 valence electrons. The van der Waals surface area contributed by atoms with E-state index in [2.05, 4.69) is 28.0 Å². The first kappa shape index (κ1) is 12.1. The van der Waals surface area contributed by atoms with Crippen LogP contribution in [0, 0.1) is 6.92 Å². The lowest BCUT2D eigenvalue weighted by molar-refractivity contribution is 0.0281. The van der Waals surface area contributed by atoms with Gasteiger partial charge in [0.2, 0.25) is 0 Å². The molecular formula is C11H17BrN2O2. The first-order chi connectivity index (χ1) is 7.72. The Kier molecular flexibility index (Phi) is 4.00. The van der Waals surface area contributed by atoms with Crippen molar-refractivity contribution in [3.05, 3.63) is 15.9 Å². The third-order valence-corrected chi connectivity index (χ3v) is 3.83. The van der Waals surface area contributed by atoms with Gasteiger partial charge in [0.1, 0.15) is 0 Å². The molecule has 0 spiro atoms. The van der Waals surface area contributed by atoms with Gasteiger partial charge in [-0.25, -0.2) is 0 Å². The van der Waals surface area contributed by atoms with E-state index < -0.39 is 0 Å². The van der Waals surface area contributed by atoms with E-state index in [0.29, 0.717) is 6.61 Å². The lowest BCUT2D eigenvalue weighted by Crippen LogP contribution is -2.14. The van der Waals surface area contributed by atoms with E-state index in [0.717, 1.165) is 42.0 Å². The number of aromatic nitrogens is 2. The topological polar surface area (TPSA) is 36.3 Å². The molecule has 0 bridgehead atoms. The molecule has 16 heavy (non-hydrogen) atoms. The predicted molar refractivity (Wildman–Crippen MR) is 64.4 cm³/mol.